The average Bonchev–Trinajstić information content (AvgIpc) is 3.35. The van der Waals surface area contributed by atoms with Crippen LogP contribution in [0.25, 0.3) is 0 Å². The Morgan fingerprint density at radius 3 is 1.62 bits per heavy atom. The molecule has 0 saturated heterocycles. The van der Waals surface area contributed by atoms with E-state index in [1.54, 1.807) is 60.7 Å². The second-order valence-electron chi connectivity index (χ2n) is 6.88. The van der Waals surface area contributed by atoms with Crippen LogP contribution in [-0.2, 0) is 0 Å². The summed E-state index contributed by atoms with van der Waals surface area (Å²) in [6.45, 7) is 0. The summed E-state index contributed by atoms with van der Waals surface area (Å²) in [6.07, 6.45) is 0. The first-order valence-electron chi connectivity index (χ1n) is 9.66. The molecule has 0 spiro atoms. The zero-order valence-corrected chi connectivity index (χ0v) is 17.5. The van der Waals surface area contributed by atoms with E-state index < -0.39 is 5.82 Å². The summed E-state index contributed by atoms with van der Waals surface area (Å²) in [5.74, 6) is -1.17. The van der Waals surface area contributed by atoms with E-state index in [0.717, 1.165) is 0 Å². The van der Waals surface area contributed by atoms with Gasteiger partial charge in [-0.1, -0.05) is 6.07 Å². The smallest absolute Gasteiger partial charge is 0.265 e. The van der Waals surface area contributed by atoms with Gasteiger partial charge >= 0.3 is 0 Å². The highest BCUT2D eigenvalue weighted by Crippen LogP contribution is 2.18. The van der Waals surface area contributed by atoms with Crippen molar-refractivity contribution in [3.63, 3.8) is 0 Å². The number of benzene rings is 3. The number of carbonyl (C=O) groups excluding carboxylic acids is 3. The molecule has 1 heterocycles. The number of hydrogen-bond donors (Lipinski definition) is 2. The van der Waals surface area contributed by atoms with Crippen LogP contribution in [0.3, 0.4) is 0 Å². The largest absolute Gasteiger partial charge is 0.322 e. The molecule has 0 unspecified atom stereocenters. The molecule has 2 N–H and O–H groups in total. The molecule has 0 bridgehead atoms. The molecule has 7 heteroatoms. The standard InChI is InChI=1S/C25H17FN2O3S/c26-19-9-3-18(4-10-19)24(30)27-20-11-5-16(6-12-20)23(29)17-7-13-21(14-8-17)28-25(31)22-2-1-15-32-22/h1-15H,(H,27,30)(H,28,31). The topological polar surface area (TPSA) is 75.3 Å². The van der Waals surface area contributed by atoms with E-state index in [4.69, 9.17) is 0 Å². The minimum atomic E-state index is -0.415. The number of anilines is 2. The second-order valence-corrected chi connectivity index (χ2v) is 7.82. The van der Waals surface area contributed by atoms with Crippen LogP contribution in [-0.4, -0.2) is 17.6 Å². The molecule has 32 heavy (non-hydrogen) atoms. The van der Waals surface area contributed by atoms with Gasteiger partial charge in [0, 0.05) is 28.1 Å². The summed E-state index contributed by atoms with van der Waals surface area (Å²) >= 11 is 1.35. The fourth-order valence-electron chi connectivity index (χ4n) is 2.98. The SMILES string of the molecule is O=C(Nc1ccc(C(=O)c2ccc(NC(=O)c3cccs3)cc2)cc1)c1ccc(F)cc1. The molecule has 5 nitrogen and oxygen atoms in total. The summed E-state index contributed by atoms with van der Waals surface area (Å²) in [7, 11) is 0. The lowest BCUT2D eigenvalue weighted by Gasteiger charge is -2.08. The lowest BCUT2D eigenvalue weighted by Crippen LogP contribution is -2.12. The van der Waals surface area contributed by atoms with Gasteiger partial charge in [0.25, 0.3) is 11.8 Å². The highest BCUT2D eigenvalue weighted by atomic mass is 32.1. The van der Waals surface area contributed by atoms with Crippen molar-refractivity contribution in [3.8, 4) is 0 Å². The molecule has 0 aliphatic rings. The van der Waals surface area contributed by atoms with Crippen LogP contribution in [0.4, 0.5) is 15.8 Å². The molecule has 0 aliphatic carbocycles. The summed E-state index contributed by atoms with van der Waals surface area (Å²) in [5.41, 5.74) is 2.38. The highest BCUT2D eigenvalue weighted by molar-refractivity contribution is 7.12. The Kier molecular flexibility index (Phi) is 6.19. The first-order chi connectivity index (χ1) is 15.5. The molecule has 0 fully saturated rings. The van der Waals surface area contributed by atoms with Crippen molar-refractivity contribution >= 4 is 40.3 Å². The van der Waals surface area contributed by atoms with Gasteiger partial charge in [0.15, 0.2) is 5.78 Å². The van der Waals surface area contributed by atoms with E-state index in [0.29, 0.717) is 32.9 Å². The van der Waals surface area contributed by atoms with Crippen molar-refractivity contribution in [2.75, 3.05) is 10.6 Å². The molecule has 4 rings (SSSR count). The Morgan fingerprint density at radius 1 is 0.625 bits per heavy atom. The maximum atomic E-state index is 13.0. The van der Waals surface area contributed by atoms with Gasteiger partial charge in [-0.2, -0.15) is 0 Å². The molecule has 0 saturated carbocycles. The maximum Gasteiger partial charge on any atom is 0.265 e. The van der Waals surface area contributed by atoms with Crippen molar-refractivity contribution in [3.05, 3.63) is 118 Å². The third-order valence-corrected chi connectivity index (χ3v) is 5.53. The number of halogens is 1. The third-order valence-electron chi connectivity index (χ3n) is 4.66. The number of carbonyl (C=O) groups is 3. The second kappa shape index (κ2) is 9.36. The zero-order valence-electron chi connectivity index (χ0n) is 16.7. The fourth-order valence-corrected chi connectivity index (χ4v) is 3.60. The third kappa shape index (κ3) is 4.96. The summed E-state index contributed by atoms with van der Waals surface area (Å²) in [5, 5.41) is 7.33. The van der Waals surface area contributed by atoms with Crippen LogP contribution in [0.15, 0.2) is 90.3 Å². The molecule has 0 aliphatic heterocycles. The van der Waals surface area contributed by atoms with Gasteiger partial charge in [0.05, 0.1) is 4.88 Å². The van der Waals surface area contributed by atoms with Crippen LogP contribution in [0.5, 0.6) is 0 Å². The molecule has 158 valence electrons. The summed E-state index contributed by atoms with van der Waals surface area (Å²) < 4.78 is 13.0. The van der Waals surface area contributed by atoms with E-state index in [1.807, 2.05) is 5.38 Å². The van der Waals surface area contributed by atoms with Crippen molar-refractivity contribution < 1.29 is 18.8 Å². The molecule has 3 aromatic carbocycles. The first kappa shape index (κ1) is 21.1. The van der Waals surface area contributed by atoms with Gasteiger partial charge < -0.3 is 10.6 Å². The molecule has 4 aromatic rings. The minimum absolute atomic E-state index is 0.183. The first-order valence-corrected chi connectivity index (χ1v) is 10.5. The lowest BCUT2D eigenvalue weighted by molar-refractivity contribution is 0.102. The van der Waals surface area contributed by atoms with Gasteiger partial charge in [-0.25, -0.2) is 4.39 Å². The Morgan fingerprint density at radius 2 is 1.12 bits per heavy atom. The van der Waals surface area contributed by atoms with E-state index in [2.05, 4.69) is 10.6 Å². The quantitative estimate of drug-likeness (QED) is 0.379. The van der Waals surface area contributed by atoms with Crippen molar-refractivity contribution in [1.29, 1.82) is 0 Å². The predicted octanol–water partition coefficient (Wildman–Crippen LogP) is 5.62. The van der Waals surface area contributed by atoms with E-state index >= 15 is 0 Å². The number of ketones is 1. The van der Waals surface area contributed by atoms with Crippen LogP contribution < -0.4 is 10.6 Å². The molecular weight excluding hydrogens is 427 g/mol. The van der Waals surface area contributed by atoms with Gasteiger partial charge in [0.2, 0.25) is 0 Å². The van der Waals surface area contributed by atoms with Crippen molar-refractivity contribution in [2.45, 2.75) is 0 Å². The van der Waals surface area contributed by atoms with E-state index in [9.17, 15) is 18.8 Å². The normalized spacial score (nSPS) is 10.4. The van der Waals surface area contributed by atoms with Gasteiger partial charge in [-0.15, -0.1) is 11.3 Å². The highest BCUT2D eigenvalue weighted by Gasteiger charge is 2.12. The monoisotopic (exact) mass is 444 g/mol. The Labute approximate surface area is 187 Å². The Bertz CT molecular complexity index is 1250. The number of amides is 2. The van der Waals surface area contributed by atoms with Crippen LogP contribution in [0.1, 0.15) is 36.0 Å². The molecule has 0 radical (unpaired) electrons. The summed E-state index contributed by atoms with van der Waals surface area (Å²) in [6, 6.07) is 21.9. The van der Waals surface area contributed by atoms with E-state index in [1.165, 1.54) is 35.6 Å². The minimum Gasteiger partial charge on any atom is -0.322 e. The van der Waals surface area contributed by atoms with Gasteiger partial charge in [-0.05, 0) is 84.2 Å². The van der Waals surface area contributed by atoms with Crippen molar-refractivity contribution in [1.82, 2.24) is 0 Å². The van der Waals surface area contributed by atoms with Crippen LogP contribution in [0.2, 0.25) is 0 Å². The Hall–Kier alpha value is -4.10. The molecule has 1 aromatic heterocycles. The fraction of sp³-hybridized carbons (Fsp3) is 0. The number of thiophene rings is 1. The Balaban J connectivity index is 1.39. The lowest BCUT2D eigenvalue weighted by atomic mass is 10.0. The number of hydrogen-bond acceptors (Lipinski definition) is 4. The molecular formula is C25H17FN2O3S. The molecule has 2 amide bonds. The van der Waals surface area contributed by atoms with Crippen molar-refractivity contribution in [2.24, 2.45) is 0 Å². The maximum absolute atomic E-state index is 13.0. The summed E-state index contributed by atoms with van der Waals surface area (Å²) in [4.78, 5) is 37.7. The van der Waals surface area contributed by atoms with Gasteiger partial charge in [-0.3, -0.25) is 14.4 Å². The molecule has 0 atom stereocenters. The number of rotatable bonds is 6. The predicted molar refractivity (Wildman–Crippen MR) is 123 cm³/mol. The van der Waals surface area contributed by atoms with E-state index in [-0.39, 0.29) is 17.6 Å². The van der Waals surface area contributed by atoms with Crippen LogP contribution >= 0.6 is 11.3 Å². The average molecular weight is 444 g/mol. The zero-order chi connectivity index (χ0) is 22.5. The number of nitrogens with one attached hydrogen (secondary N) is 2. The van der Waals surface area contributed by atoms with Gasteiger partial charge in [0.1, 0.15) is 5.82 Å². The van der Waals surface area contributed by atoms with Crippen LogP contribution in [0, 0.1) is 5.82 Å².